The molecule has 0 amide bonds. The normalized spacial score (nSPS) is 17.8. The molecule has 6 aromatic carbocycles. The molecule has 60 heavy (non-hydrogen) atoms. The van der Waals surface area contributed by atoms with Gasteiger partial charge in [0.05, 0.1) is 37.6 Å². The van der Waals surface area contributed by atoms with Gasteiger partial charge in [-0.3, -0.25) is 9.55 Å². The van der Waals surface area contributed by atoms with Crippen LogP contribution >= 0.6 is 0 Å². The van der Waals surface area contributed by atoms with Crippen LogP contribution in [-0.4, -0.2) is 19.6 Å². The Morgan fingerprint density at radius 1 is 0.600 bits per heavy atom. The zero-order valence-electron chi connectivity index (χ0n) is 53.5. The van der Waals surface area contributed by atoms with Crippen molar-refractivity contribution >= 4 is 11.0 Å². The first-order chi connectivity index (χ1) is 36.2. The number of rotatable bonds is 6. The Kier molecular flexibility index (Phi) is 5.91. The van der Waals surface area contributed by atoms with E-state index in [-0.39, 0.29) is 22.6 Å². The van der Waals surface area contributed by atoms with Gasteiger partial charge in [-0.05, 0) is 117 Å². The number of nitrogens with zero attached hydrogens (tertiary/aromatic N) is 3. The molecule has 0 aliphatic carbocycles. The first-order valence-corrected chi connectivity index (χ1v) is 19.6. The highest BCUT2D eigenvalue weighted by Crippen LogP contribution is 2.44. The Morgan fingerprint density at radius 2 is 1.33 bits per heavy atom. The predicted octanol–water partition coefficient (Wildman–Crippen LogP) is 15.0. The van der Waals surface area contributed by atoms with Crippen LogP contribution in [0, 0.1) is 13.8 Å². The molecule has 2 heterocycles. The van der Waals surface area contributed by atoms with E-state index in [0.717, 1.165) is 5.56 Å². The van der Waals surface area contributed by atoms with Crippen LogP contribution in [0.3, 0.4) is 0 Å². The maximum atomic E-state index is 12.3. The largest absolute Gasteiger partial charge is 0.507 e. The predicted molar refractivity (Wildman–Crippen MR) is 253 cm³/mol. The van der Waals surface area contributed by atoms with Gasteiger partial charge in [0.15, 0.2) is 0 Å². The lowest BCUT2D eigenvalue weighted by Gasteiger charge is -2.23. The number of aromatic hydroxyl groups is 1. The quantitative estimate of drug-likeness (QED) is 0.182. The average Bonchev–Trinajstić information content (AvgIpc) is 3.20. The van der Waals surface area contributed by atoms with Crippen LogP contribution in [0.15, 0.2) is 139 Å². The minimum absolute atomic E-state index is 0.00923. The molecule has 0 unspecified atom stereocenters. The number of phenols is 1. The average molecular weight is 807 g/mol. The summed E-state index contributed by atoms with van der Waals surface area (Å²) in [6.07, 6.45) is -0.761. The van der Waals surface area contributed by atoms with Crippen molar-refractivity contribution in [3.05, 3.63) is 167 Å². The molecule has 1 N–H and O–H groups in total. The minimum Gasteiger partial charge on any atom is -0.507 e. The topological polar surface area (TPSA) is 50.9 Å². The monoisotopic (exact) mass is 807 g/mol. The minimum atomic E-state index is -3.94. The van der Waals surface area contributed by atoms with E-state index in [1.54, 1.807) is 30.3 Å². The third kappa shape index (κ3) is 7.79. The van der Waals surface area contributed by atoms with E-state index in [4.69, 9.17) is 29.7 Å². The second-order valence-electron chi connectivity index (χ2n) is 17.2. The van der Waals surface area contributed by atoms with Gasteiger partial charge in [0.1, 0.15) is 11.6 Å². The van der Waals surface area contributed by atoms with Crippen molar-refractivity contribution in [2.24, 2.45) is 0 Å². The second kappa shape index (κ2) is 15.1. The Balaban J connectivity index is 1.45. The Hall–Kier alpha value is -6.26. The number of phenolic OH excluding ortho intramolecular Hbond substituents is 1. The SMILES string of the molecule is [2H]c1nc(-c2cc(-c3cccc4c3nc(-c3cc(C)cc(C(C)(C)C)c3O)n4-c3ccc(C([2H])([2H])[2H])cc3-c3ccccc3)cc(C(C)(C)C)c2)c([2H])c(-c2c([2H])c([2H])c(C(C([2H])([2H])[2H])(C([2H])([2H])[2H])C([2H])([2H])[2H])c([2H])c2[2H])c1[2H]. The van der Waals surface area contributed by atoms with Crippen molar-refractivity contribution in [2.45, 2.75) is 92.1 Å². The maximum absolute atomic E-state index is 12.3. The molecule has 0 spiro atoms. The molecule has 0 aliphatic heterocycles. The summed E-state index contributed by atoms with van der Waals surface area (Å²) in [6, 6.07) is 22.3. The highest BCUT2D eigenvalue weighted by molar-refractivity contribution is 5.98. The molecule has 8 rings (SSSR count). The lowest BCUT2D eigenvalue weighted by Crippen LogP contribution is -2.12. The van der Waals surface area contributed by atoms with E-state index in [1.807, 2.05) is 120 Å². The van der Waals surface area contributed by atoms with Gasteiger partial charge in [0.25, 0.3) is 0 Å². The lowest BCUT2D eigenvalue weighted by molar-refractivity contribution is 0.448. The standard InChI is InChI=1S/C56H57N3O/c1-35-20-25-49(45(28-35)38-16-13-12-14-17-38)59-50-19-15-18-44(51(50)58-53(59)46-29-36(2)30-47(52(46)60)56(9,10)11)40-31-41(33-43(32-40)55(6,7)8)48-34-39(26-27-57-48)37-21-23-42(24-22-37)54(3,4)5/h12-34,60H,1-11H3/i1D3,3D3,4D3,5D3,21D,22D,23D,24D,26D,27D,34D. The molecule has 0 atom stereocenters. The van der Waals surface area contributed by atoms with Crippen molar-refractivity contribution in [3.63, 3.8) is 0 Å². The van der Waals surface area contributed by atoms with Crippen LogP contribution < -0.4 is 0 Å². The van der Waals surface area contributed by atoms with Gasteiger partial charge in [-0.1, -0.05) is 152 Å². The lowest BCUT2D eigenvalue weighted by atomic mass is 9.83. The number of imidazole rings is 1. The number of pyridine rings is 1. The Morgan fingerprint density at radius 3 is 2.03 bits per heavy atom. The zero-order chi connectivity index (χ0) is 58.8. The molecule has 302 valence electrons. The first kappa shape index (κ1) is 23.5. The molecule has 4 nitrogen and oxygen atoms in total. The molecule has 0 bridgehead atoms. The van der Waals surface area contributed by atoms with E-state index in [2.05, 4.69) is 4.98 Å². The van der Waals surface area contributed by atoms with E-state index in [9.17, 15) is 6.48 Å². The van der Waals surface area contributed by atoms with Crippen LogP contribution in [0.1, 0.15) is 116 Å². The number of fused-ring (bicyclic) bond motifs is 1. The number of benzene rings is 6. The van der Waals surface area contributed by atoms with E-state index in [1.165, 1.54) is 0 Å². The van der Waals surface area contributed by atoms with Crippen molar-refractivity contribution in [1.29, 1.82) is 0 Å². The van der Waals surface area contributed by atoms with Crippen molar-refractivity contribution in [1.82, 2.24) is 14.5 Å². The molecule has 8 aromatic rings. The van der Waals surface area contributed by atoms with Gasteiger partial charge < -0.3 is 5.11 Å². The highest BCUT2D eigenvalue weighted by atomic mass is 16.3. The van der Waals surface area contributed by atoms with E-state index < -0.39 is 103 Å². The third-order valence-electron chi connectivity index (χ3n) is 10.5. The summed E-state index contributed by atoms with van der Waals surface area (Å²) in [6.45, 7) is -0.577. The first-order valence-electron chi connectivity index (χ1n) is 29.1. The number of hydrogen-bond donors (Lipinski definition) is 1. The molecular weight excluding hydrogens is 731 g/mol. The van der Waals surface area contributed by atoms with Crippen molar-refractivity contribution < 1.29 is 31.2 Å². The highest BCUT2D eigenvalue weighted by Gasteiger charge is 2.27. The van der Waals surface area contributed by atoms with Crippen LogP contribution in [0.25, 0.3) is 72.7 Å². The molecule has 0 radical (unpaired) electrons. The number of aryl methyl sites for hydroxylation is 2. The molecule has 0 saturated heterocycles. The van der Waals surface area contributed by atoms with Gasteiger partial charge in [-0.25, -0.2) is 4.98 Å². The van der Waals surface area contributed by atoms with Gasteiger partial charge in [-0.15, -0.1) is 0 Å². The number of para-hydroxylation sites is 1. The fourth-order valence-corrected chi connectivity index (χ4v) is 7.41. The van der Waals surface area contributed by atoms with Crippen LogP contribution in [-0.2, 0) is 16.2 Å². The van der Waals surface area contributed by atoms with Gasteiger partial charge in [0, 0.05) is 44.9 Å². The van der Waals surface area contributed by atoms with Gasteiger partial charge >= 0.3 is 0 Å². The molecule has 0 saturated carbocycles. The number of hydrogen-bond acceptors (Lipinski definition) is 3. The summed E-state index contributed by atoms with van der Waals surface area (Å²) in [5.41, 5.74) is -1.39. The molecule has 2 aromatic heterocycles. The maximum Gasteiger partial charge on any atom is 0.149 e. The number of aromatic nitrogens is 3. The summed E-state index contributed by atoms with van der Waals surface area (Å²) in [5, 5.41) is 12.3. The summed E-state index contributed by atoms with van der Waals surface area (Å²) >= 11 is 0. The van der Waals surface area contributed by atoms with Gasteiger partial charge in [0.2, 0.25) is 0 Å². The molecule has 4 heteroatoms. The van der Waals surface area contributed by atoms with Crippen LogP contribution in [0.2, 0.25) is 0 Å². The van der Waals surface area contributed by atoms with Gasteiger partial charge in [-0.2, -0.15) is 0 Å². The fourth-order valence-electron chi connectivity index (χ4n) is 7.41. The molecular formula is C56H57N3O. The zero-order valence-corrected chi connectivity index (χ0v) is 34.5. The summed E-state index contributed by atoms with van der Waals surface area (Å²) in [4.78, 5) is 9.74. The van der Waals surface area contributed by atoms with E-state index >= 15 is 0 Å². The Labute approximate surface area is 383 Å². The summed E-state index contributed by atoms with van der Waals surface area (Å²) in [7, 11) is 0. The second-order valence-corrected chi connectivity index (χ2v) is 17.2. The van der Waals surface area contributed by atoms with Crippen LogP contribution in [0.5, 0.6) is 5.75 Å². The van der Waals surface area contributed by atoms with Crippen LogP contribution in [0.4, 0.5) is 0 Å². The Bertz CT molecular complexity index is 3680. The van der Waals surface area contributed by atoms with Crippen molar-refractivity contribution in [2.75, 3.05) is 0 Å². The summed E-state index contributed by atoms with van der Waals surface area (Å²) < 4.78 is 165. The third-order valence-corrected chi connectivity index (χ3v) is 10.5. The summed E-state index contributed by atoms with van der Waals surface area (Å²) in [5.74, 6) is 0.314. The van der Waals surface area contributed by atoms with E-state index in [0.29, 0.717) is 61.5 Å². The fraction of sp³-hybridized carbons (Fsp3) is 0.250. The molecule has 0 aliphatic rings. The molecule has 0 fully saturated rings. The van der Waals surface area contributed by atoms with Crippen molar-refractivity contribution in [3.8, 4) is 67.5 Å². The smallest absolute Gasteiger partial charge is 0.149 e.